The standard InChI is InChI=1S/C17H22F3N5O.HI/c1-3-21-16(22-9-8-13-10-24-25(2)12-13)23-11-14-6-4-5-7-15(14)26-17(18,19)20;/h4-7,10,12H,3,8-9,11H2,1-2H3,(H2,21,22,23);1H. The van der Waals surface area contributed by atoms with E-state index in [9.17, 15) is 13.2 Å². The summed E-state index contributed by atoms with van der Waals surface area (Å²) in [7, 11) is 1.85. The van der Waals surface area contributed by atoms with Crippen molar-refractivity contribution in [2.75, 3.05) is 13.1 Å². The lowest BCUT2D eigenvalue weighted by molar-refractivity contribution is -0.274. The molecule has 0 aliphatic carbocycles. The van der Waals surface area contributed by atoms with Gasteiger partial charge in [0.1, 0.15) is 5.75 Å². The second-order valence-electron chi connectivity index (χ2n) is 5.55. The number of aliphatic imine (C=N–C) groups is 1. The molecule has 0 bridgehead atoms. The fourth-order valence-electron chi connectivity index (χ4n) is 2.29. The van der Waals surface area contributed by atoms with Crippen molar-refractivity contribution in [1.29, 1.82) is 0 Å². The number of guanidine groups is 1. The van der Waals surface area contributed by atoms with Gasteiger partial charge >= 0.3 is 6.36 Å². The summed E-state index contributed by atoms with van der Waals surface area (Å²) in [6.45, 7) is 3.24. The number of nitrogens with zero attached hydrogens (tertiary/aromatic N) is 3. The Morgan fingerprint density at radius 3 is 2.63 bits per heavy atom. The van der Waals surface area contributed by atoms with Crippen LogP contribution in [0.3, 0.4) is 0 Å². The van der Waals surface area contributed by atoms with Gasteiger partial charge in [-0.1, -0.05) is 18.2 Å². The van der Waals surface area contributed by atoms with Crippen LogP contribution >= 0.6 is 24.0 Å². The minimum atomic E-state index is -4.73. The number of halogens is 4. The number of nitrogens with one attached hydrogen (secondary N) is 2. The Morgan fingerprint density at radius 2 is 2.00 bits per heavy atom. The molecule has 0 radical (unpaired) electrons. The molecule has 10 heteroatoms. The van der Waals surface area contributed by atoms with Gasteiger partial charge in [0.05, 0.1) is 12.7 Å². The highest BCUT2D eigenvalue weighted by molar-refractivity contribution is 14.0. The van der Waals surface area contributed by atoms with E-state index in [1.165, 1.54) is 12.1 Å². The molecule has 6 nitrogen and oxygen atoms in total. The number of ether oxygens (including phenoxy) is 1. The average Bonchev–Trinajstić information content (AvgIpc) is 2.98. The topological polar surface area (TPSA) is 63.5 Å². The first-order chi connectivity index (χ1) is 12.4. The fraction of sp³-hybridized carbons (Fsp3) is 0.412. The van der Waals surface area contributed by atoms with Gasteiger partial charge in [-0.15, -0.1) is 37.1 Å². The van der Waals surface area contributed by atoms with Gasteiger partial charge in [-0.3, -0.25) is 4.68 Å². The van der Waals surface area contributed by atoms with E-state index in [1.54, 1.807) is 23.0 Å². The Hall–Kier alpha value is -1.98. The van der Waals surface area contributed by atoms with Gasteiger partial charge in [-0.25, -0.2) is 4.99 Å². The van der Waals surface area contributed by atoms with Crippen LogP contribution in [0.1, 0.15) is 18.1 Å². The van der Waals surface area contributed by atoms with Gasteiger partial charge in [0, 0.05) is 31.9 Å². The molecule has 0 saturated heterocycles. The maximum absolute atomic E-state index is 12.5. The van der Waals surface area contributed by atoms with E-state index in [0.29, 0.717) is 24.6 Å². The minimum Gasteiger partial charge on any atom is -0.405 e. The Bertz CT molecular complexity index is 733. The summed E-state index contributed by atoms with van der Waals surface area (Å²) >= 11 is 0. The van der Waals surface area contributed by atoms with Crippen molar-refractivity contribution in [2.45, 2.75) is 26.3 Å². The van der Waals surface area contributed by atoms with Crippen LogP contribution < -0.4 is 15.4 Å². The molecule has 0 fully saturated rings. The van der Waals surface area contributed by atoms with E-state index in [1.807, 2.05) is 20.2 Å². The molecular weight excluding hydrogens is 474 g/mol. The molecule has 0 spiro atoms. The van der Waals surface area contributed by atoms with Crippen LogP contribution in [0.2, 0.25) is 0 Å². The number of para-hydroxylation sites is 1. The van der Waals surface area contributed by atoms with E-state index in [0.717, 1.165) is 12.0 Å². The Labute approximate surface area is 173 Å². The van der Waals surface area contributed by atoms with Gasteiger partial charge in [-0.2, -0.15) is 5.10 Å². The predicted octanol–water partition coefficient (Wildman–Crippen LogP) is 3.23. The monoisotopic (exact) mass is 497 g/mol. The lowest BCUT2D eigenvalue weighted by Gasteiger charge is -2.13. The maximum atomic E-state index is 12.5. The Balaban J connectivity index is 0.00000364. The highest BCUT2D eigenvalue weighted by atomic mass is 127. The number of hydrogen-bond donors (Lipinski definition) is 2. The van der Waals surface area contributed by atoms with Crippen molar-refractivity contribution in [3.05, 3.63) is 47.8 Å². The second kappa shape index (κ2) is 11.0. The van der Waals surface area contributed by atoms with Crippen molar-refractivity contribution < 1.29 is 17.9 Å². The molecule has 150 valence electrons. The van der Waals surface area contributed by atoms with E-state index in [2.05, 4.69) is 25.5 Å². The van der Waals surface area contributed by atoms with Crippen LogP contribution in [-0.4, -0.2) is 35.2 Å². The first-order valence-corrected chi connectivity index (χ1v) is 8.20. The molecule has 0 amide bonds. The van der Waals surface area contributed by atoms with E-state index in [-0.39, 0.29) is 36.3 Å². The minimum absolute atomic E-state index is 0. The summed E-state index contributed by atoms with van der Waals surface area (Å²) in [6, 6.07) is 5.98. The molecule has 2 aromatic rings. The maximum Gasteiger partial charge on any atom is 0.573 e. The highest BCUT2D eigenvalue weighted by Crippen LogP contribution is 2.26. The van der Waals surface area contributed by atoms with Crippen molar-refractivity contribution in [3.63, 3.8) is 0 Å². The summed E-state index contributed by atoms with van der Waals surface area (Å²) in [5.74, 6) is 0.285. The van der Waals surface area contributed by atoms with Crippen LogP contribution in [0, 0.1) is 0 Å². The van der Waals surface area contributed by atoms with Crippen LogP contribution in [0.25, 0.3) is 0 Å². The van der Waals surface area contributed by atoms with E-state index in [4.69, 9.17) is 0 Å². The summed E-state index contributed by atoms with van der Waals surface area (Å²) in [5, 5.41) is 10.3. The summed E-state index contributed by atoms with van der Waals surface area (Å²) in [6.07, 6.45) is -0.259. The van der Waals surface area contributed by atoms with Gasteiger partial charge in [-0.05, 0) is 25.0 Å². The van der Waals surface area contributed by atoms with Gasteiger partial charge in [0.15, 0.2) is 5.96 Å². The fourth-order valence-corrected chi connectivity index (χ4v) is 2.29. The molecule has 1 heterocycles. The van der Waals surface area contributed by atoms with Crippen molar-refractivity contribution in [2.24, 2.45) is 12.0 Å². The number of aryl methyl sites for hydroxylation is 1. The Morgan fingerprint density at radius 1 is 1.26 bits per heavy atom. The number of hydrogen-bond acceptors (Lipinski definition) is 3. The van der Waals surface area contributed by atoms with Gasteiger partial charge < -0.3 is 15.4 Å². The molecule has 0 aliphatic heterocycles. The molecule has 0 unspecified atom stereocenters. The molecule has 27 heavy (non-hydrogen) atoms. The summed E-state index contributed by atoms with van der Waals surface area (Å²) < 4.78 is 43.2. The van der Waals surface area contributed by atoms with Gasteiger partial charge in [0.2, 0.25) is 0 Å². The highest BCUT2D eigenvalue weighted by Gasteiger charge is 2.31. The molecule has 0 atom stereocenters. The lowest BCUT2D eigenvalue weighted by Crippen LogP contribution is -2.38. The van der Waals surface area contributed by atoms with Crippen LogP contribution in [-0.2, 0) is 20.0 Å². The first kappa shape index (κ1) is 23.1. The third-order valence-corrected chi connectivity index (χ3v) is 3.41. The number of benzene rings is 1. The second-order valence-corrected chi connectivity index (χ2v) is 5.55. The predicted molar refractivity (Wildman–Crippen MR) is 108 cm³/mol. The molecule has 2 N–H and O–H groups in total. The van der Waals surface area contributed by atoms with Crippen LogP contribution in [0.5, 0.6) is 5.75 Å². The van der Waals surface area contributed by atoms with E-state index >= 15 is 0 Å². The lowest BCUT2D eigenvalue weighted by atomic mass is 10.2. The zero-order chi connectivity index (χ0) is 19.0. The first-order valence-electron chi connectivity index (χ1n) is 8.20. The summed E-state index contributed by atoms with van der Waals surface area (Å²) in [5.41, 5.74) is 1.44. The molecule has 0 aliphatic rings. The normalized spacial score (nSPS) is 11.7. The largest absolute Gasteiger partial charge is 0.573 e. The quantitative estimate of drug-likeness (QED) is 0.351. The van der Waals surface area contributed by atoms with Crippen LogP contribution in [0.15, 0.2) is 41.7 Å². The average molecular weight is 497 g/mol. The van der Waals surface area contributed by atoms with Crippen molar-refractivity contribution >= 4 is 29.9 Å². The zero-order valence-electron chi connectivity index (χ0n) is 15.1. The molecule has 2 rings (SSSR count). The smallest absolute Gasteiger partial charge is 0.405 e. The van der Waals surface area contributed by atoms with E-state index < -0.39 is 6.36 Å². The molecule has 1 aromatic heterocycles. The van der Waals surface area contributed by atoms with Crippen LogP contribution in [0.4, 0.5) is 13.2 Å². The third-order valence-electron chi connectivity index (χ3n) is 3.41. The SMILES string of the molecule is CCNC(=NCc1ccccc1OC(F)(F)F)NCCc1cnn(C)c1.I. The molecule has 1 aromatic carbocycles. The molecular formula is C17H23F3IN5O. The zero-order valence-corrected chi connectivity index (χ0v) is 17.4. The van der Waals surface area contributed by atoms with Crippen molar-refractivity contribution in [1.82, 2.24) is 20.4 Å². The third kappa shape index (κ3) is 8.50. The number of aromatic nitrogens is 2. The van der Waals surface area contributed by atoms with Crippen molar-refractivity contribution in [3.8, 4) is 5.75 Å². The Kier molecular flexibility index (Phi) is 9.39. The molecule has 0 saturated carbocycles. The summed E-state index contributed by atoms with van der Waals surface area (Å²) in [4.78, 5) is 4.34. The number of alkyl halides is 3. The number of rotatable bonds is 7. The van der Waals surface area contributed by atoms with Gasteiger partial charge in [0.25, 0.3) is 0 Å².